The van der Waals surface area contributed by atoms with Crippen LogP contribution in [-0.2, 0) is 9.59 Å². The highest BCUT2D eigenvalue weighted by Gasteiger charge is 2.11. The van der Waals surface area contributed by atoms with Gasteiger partial charge >= 0.3 is 17.9 Å². The molecule has 3 N–H and O–H groups in total. The summed E-state index contributed by atoms with van der Waals surface area (Å²) in [5.74, 6) is -2.70. The van der Waals surface area contributed by atoms with Crippen molar-refractivity contribution in [2.75, 3.05) is 24.7 Å². The van der Waals surface area contributed by atoms with E-state index in [-0.39, 0.29) is 6.03 Å². The number of aliphatic carboxylic acids is 1. The molecule has 0 aliphatic carbocycles. The Morgan fingerprint density at radius 1 is 1.11 bits per heavy atom. The van der Waals surface area contributed by atoms with E-state index in [1.165, 1.54) is 17.0 Å². The number of amides is 3. The van der Waals surface area contributed by atoms with Crippen molar-refractivity contribution in [1.82, 2.24) is 4.90 Å². The van der Waals surface area contributed by atoms with Gasteiger partial charge in [0, 0.05) is 25.5 Å². The third-order valence-corrected chi connectivity index (χ3v) is 1.97. The molecule has 7 nitrogen and oxygen atoms in total. The summed E-state index contributed by atoms with van der Waals surface area (Å²) in [7, 11) is 3.18. The lowest BCUT2D eigenvalue weighted by molar-refractivity contribution is -0.147. The molecule has 0 aliphatic heterocycles. The maximum atomic E-state index is 11.4. The fourth-order valence-electron chi connectivity index (χ4n) is 1.09. The zero-order chi connectivity index (χ0) is 13.7. The number of urea groups is 1. The lowest BCUT2D eigenvalue weighted by Crippen LogP contribution is -2.27. The van der Waals surface area contributed by atoms with Gasteiger partial charge in [-0.25, -0.2) is 9.59 Å². The molecule has 0 aliphatic rings. The summed E-state index contributed by atoms with van der Waals surface area (Å²) in [5.41, 5.74) is 0.746. The first-order valence-corrected chi connectivity index (χ1v) is 5.03. The molecule has 3 amide bonds. The second-order valence-electron chi connectivity index (χ2n) is 3.66. The van der Waals surface area contributed by atoms with Crippen LogP contribution in [0.2, 0.25) is 0 Å². The molecule has 1 aromatic rings. The Balaban J connectivity index is 2.76. The summed E-state index contributed by atoms with van der Waals surface area (Å²) in [6.45, 7) is 0. The first kappa shape index (κ1) is 13.5. The standard InChI is InChI=1S/C11H13N3O4/c1-14(2)11(18)13-8-5-3-4-7(6-8)12-9(15)10(16)17/h3-6H,1-2H3,(H,12,15)(H,13,18)(H,16,17). The number of rotatable bonds is 2. The fourth-order valence-corrected chi connectivity index (χ4v) is 1.09. The van der Waals surface area contributed by atoms with E-state index in [4.69, 9.17) is 5.11 Å². The minimum Gasteiger partial charge on any atom is -0.474 e. The highest BCUT2D eigenvalue weighted by Crippen LogP contribution is 2.15. The number of anilines is 2. The van der Waals surface area contributed by atoms with Crippen LogP contribution in [0, 0.1) is 0 Å². The van der Waals surface area contributed by atoms with Crippen molar-refractivity contribution < 1.29 is 19.5 Å². The highest BCUT2D eigenvalue weighted by atomic mass is 16.4. The minimum absolute atomic E-state index is 0.291. The van der Waals surface area contributed by atoms with Gasteiger partial charge in [-0.2, -0.15) is 0 Å². The molecule has 0 atom stereocenters. The summed E-state index contributed by atoms with van der Waals surface area (Å²) in [6, 6.07) is 5.87. The zero-order valence-corrected chi connectivity index (χ0v) is 9.93. The highest BCUT2D eigenvalue weighted by molar-refractivity contribution is 6.36. The van der Waals surface area contributed by atoms with Gasteiger partial charge in [0.05, 0.1) is 0 Å². The third-order valence-electron chi connectivity index (χ3n) is 1.97. The largest absolute Gasteiger partial charge is 0.474 e. The van der Waals surface area contributed by atoms with E-state index in [1.807, 2.05) is 0 Å². The van der Waals surface area contributed by atoms with E-state index < -0.39 is 11.9 Å². The van der Waals surface area contributed by atoms with Crippen LogP contribution in [0.15, 0.2) is 24.3 Å². The Labute approximate surface area is 103 Å². The SMILES string of the molecule is CN(C)C(=O)Nc1cccc(NC(=O)C(=O)O)c1. The quantitative estimate of drug-likeness (QED) is 0.677. The van der Waals surface area contributed by atoms with Crippen LogP contribution in [0.1, 0.15) is 0 Å². The molecule has 0 unspecified atom stereocenters. The van der Waals surface area contributed by atoms with E-state index >= 15 is 0 Å². The Bertz CT molecular complexity index is 485. The molecule has 96 valence electrons. The Morgan fingerprint density at radius 2 is 1.67 bits per heavy atom. The van der Waals surface area contributed by atoms with E-state index in [0.29, 0.717) is 11.4 Å². The van der Waals surface area contributed by atoms with E-state index in [0.717, 1.165) is 0 Å². The first-order valence-electron chi connectivity index (χ1n) is 5.03. The molecule has 0 radical (unpaired) electrons. The second-order valence-corrected chi connectivity index (χ2v) is 3.66. The number of carbonyl (C=O) groups excluding carboxylic acids is 2. The van der Waals surface area contributed by atoms with Gasteiger partial charge in [0.2, 0.25) is 0 Å². The number of carboxylic acid groups (broad SMARTS) is 1. The molecule has 0 aromatic heterocycles. The first-order chi connectivity index (χ1) is 8.40. The molecule has 0 heterocycles. The van der Waals surface area contributed by atoms with Crippen LogP contribution < -0.4 is 10.6 Å². The normalized spacial score (nSPS) is 9.44. The molecule has 0 saturated carbocycles. The van der Waals surface area contributed by atoms with Crippen molar-refractivity contribution in [2.24, 2.45) is 0 Å². The van der Waals surface area contributed by atoms with Crippen LogP contribution >= 0.6 is 0 Å². The number of nitrogens with zero attached hydrogens (tertiary/aromatic N) is 1. The van der Waals surface area contributed by atoms with Crippen LogP contribution in [0.5, 0.6) is 0 Å². The van der Waals surface area contributed by atoms with Crippen molar-refractivity contribution in [2.45, 2.75) is 0 Å². The summed E-state index contributed by atoms with van der Waals surface area (Å²) in [5, 5.41) is 13.2. The average Bonchev–Trinajstić information content (AvgIpc) is 2.29. The van der Waals surface area contributed by atoms with Gasteiger partial charge in [0.25, 0.3) is 0 Å². The molecule has 0 saturated heterocycles. The van der Waals surface area contributed by atoms with E-state index in [2.05, 4.69) is 10.6 Å². The van der Waals surface area contributed by atoms with Gasteiger partial charge in [-0.3, -0.25) is 4.79 Å². The van der Waals surface area contributed by atoms with Gasteiger partial charge in [-0.1, -0.05) is 6.07 Å². The van der Waals surface area contributed by atoms with Crippen LogP contribution in [0.25, 0.3) is 0 Å². The minimum atomic E-state index is -1.57. The van der Waals surface area contributed by atoms with Gasteiger partial charge in [-0.15, -0.1) is 0 Å². The van der Waals surface area contributed by atoms with E-state index in [1.54, 1.807) is 26.2 Å². The number of benzene rings is 1. The molecule has 7 heteroatoms. The van der Waals surface area contributed by atoms with Crippen molar-refractivity contribution in [1.29, 1.82) is 0 Å². The molecule has 0 spiro atoms. The topological polar surface area (TPSA) is 98.7 Å². The predicted molar refractivity (Wildman–Crippen MR) is 65.4 cm³/mol. The number of carbonyl (C=O) groups is 3. The third kappa shape index (κ3) is 3.78. The zero-order valence-electron chi connectivity index (χ0n) is 9.93. The van der Waals surface area contributed by atoms with Crippen LogP contribution in [0.4, 0.5) is 16.2 Å². The molecule has 1 rings (SSSR count). The summed E-state index contributed by atoms with van der Waals surface area (Å²) < 4.78 is 0. The summed E-state index contributed by atoms with van der Waals surface area (Å²) >= 11 is 0. The van der Waals surface area contributed by atoms with E-state index in [9.17, 15) is 14.4 Å². The van der Waals surface area contributed by atoms with Crippen LogP contribution in [-0.4, -0.2) is 42.0 Å². The van der Waals surface area contributed by atoms with Crippen molar-refractivity contribution >= 4 is 29.3 Å². The number of nitrogens with one attached hydrogen (secondary N) is 2. The van der Waals surface area contributed by atoms with Crippen molar-refractivity contribution in [3.05, 3.63) is 24.3 Å². The molecule has 1 aromatic carbocycles. The maximum Gasteiger partial charge on any atom is 0.394 e. The van der Waals surface area contributed by atoms with Crippen LogP contribution in [0.3, 0.4) is 0 Å². The average molecular weight is 251 g/mol. The number of hydrogen-bond donors (Lipinski definition) is 3. The van der Waals surface area contributed by atoms with Gasteiger partial charge in [0.1, 0.15) is 0 Å². The molecule has 0 bridgehead atoms. The molecular formula is C11H13N3O4. The summed E-state index contributed by atoms with van der Waals surface area (Å²) in [6.07, 6.45) is 0. The van der Waals surface area contributed by atoms with Gasteiger partial charge in [-0.05, 0) is 18.2 Å². The predicted octanol–water partition coefficient (Wildman–Crippen LogP) is 0.803. The van der Waals surface area contributed by atoms with Crippen molar-refractivity contribution in [3.63, 3.8) is 0 Å². The number of hydrogen-bond acceptors (Lipinski definition) is 3. The summed E-state index contributed by atoms with van der Waals surface area (Å²) in [4.78, 5) is 34.1. The molecular weight excluding hydrogens is 238 g/mol. The Hall–Kier alpha value is -2.57. The smallest absolute Gasteiger partial charge is 0.394 e. The molecule has 18 heavy (non-hydrogen) atoms. The maximum absolute atomic E-state index is 11.4. The number of carboxylic acids is 1. The fraction of sp³-hybridized carbons (Fsp3) is 0.182. The van der Waals surface area contributed by atoms with Crippen molar-refractivity contribution in [3.8, 4) is 0 Å². The monoisotopic (exact) mass is 251 g/mol. The Kier molecular flexibility index (Phi) is 4.25. The van der Waals surface area contributed by atoms with Gasteiger partial charge < -0.3 is 20.6 Å². The second kappa shape index (κ2) is 5.67. The van der Waals surface area contributed by atoms with Gasteiger partial charge in [0.15, 0.2) is 0 Å². The lowest BCUT2D eigenvalue weighted by atomic mass is 10.2. The lowest BCUT2D eigenvalue weighted by Gasteiger charge is -2.12. The molecule has 0 fully saturated rings. The Morgan fingerprint density at radius 3 is 2.17 bits per heavy atom.